The molecule has 0 aliphatic carbocycles. The van der Waals surface area contributed by atoms with E-state index < -0.39 is 59.8 Å². The number of halogens is 4. The van der Waals surface area contributed by atoms with E-state index in [-0.39, 0.29) is 40.4 Å². The second kappa shape index (κ2) is 16.0. The zero-order valence-electron chi connectivity index (χ0n) is 24.7. The highest BCUT2D eigenvalue weighted by molar-refractivity contribution is 5.91. The van der Waals surface area contributed by atoms with E-state index in [4.69, 9.17) is 29.5 Å². The van der Waals surface area contributed by atoms with Crippen LogP contribution in [0.15, 0.2) is 82.2 Å². The molecule has 1 heterocycles. The van der Waals surface area contributed by atoms with E-state index in [1.807, 2.05) is 0 Å². The van der Waals surface area contributed by atoms with Crippen LogP contribution < -0.4 is 31.3 Å². The number of rotatable bonds is 10. The maximum atomic E-state index is 13.9. The minimum atomic E-state index is -5.08. The molecule has 0 bridgehead atoms. The number of nitrogens with one attached hydrogen (secondary N) is 2. The first-order valence-electron chi connectivity index (χ1n) is 13.7. The molecule has 13 nitrogen and oxygen atoms in total. The normalized spacial score (nSPS) is 12.1. The lowest BCUT2D eigenvalue weighted by molar-refractivity contribution is -0.192. The molecule has 4 rings (SSSR count). The predicted molar refractivity (Wildman–Crippen MR) is 159 cm³/mol. The smallest absolute Gasteiger partial charge is 0.490 e. The number of hydrogen-bond acceptors (Lipinski definition) is 10. The minimum absolute atomic E-state index is 0.0456. The zero-order valence-corrected chi connectivity index (χ0v) is 24.7. The van der Waals surface area contributed by atoms with Gasteiger partial charge in [-0.15, -0.1) is 0 Å². The number of alkyl halides is 3. The van der Waals surface area contributed by atoms with Crippen LogP contribution in [-0.4, -0.2) is 58.8 Å². The molecule has 17 heteroatoms. The van der Waals surface area contributed by atoms with Crippen LogP contribution >= 0.6 is 0 Å². The molecule has 4 aromatic rings. The lowest BCUT2D eigenvalue weighted by Crippen LogP contribution is -2.51. The van der Waals surface area contributed by atoms with Crippen LogP contribution in [0.4, 0.5) is 17.6 Å². The Bertz CT molecular complexity index is 1850. The van der Waals surface area contributed by atoms with Gasteiger partial charge in [0.25, 0.3) is 0 Å². The highest BCUT2D eigenvalue weighted by Crippen LogP contribution is 2.25. The summed E-state index contributed by atoms with van der Waals surface area (Å²) in [5, 5.41) is 21.4. The van der Waals surface area contributed by atoms with E-state index in [1.54, 1.807) is 18.2 Å². The largest absolute Gasteiger partial charge is 0.508 e. The van der Waals surface area contributed by atoms with Crippen molar-refractivity contribution < 1.29 is 60.8 Å². The molecular weight excluding hydrogens is 650 g/mol. The third kappa shape index (κ3) is 10.5. The summed E-state index contributed by atoms with van der Waals surface area (Å²) < 4.78 is 61.6. The predicted octanol–water partition coefficient (Wildman–Crippen LogP) is 3.16. The van der Waals surface area contributed by atoms with E-state index in [1.165, 1.54) is 55.5 Å². The molecule has 1 aromatic heterocycles. The van der Waals surface area contributed by atoms with Gasteiger partial charge in [0.15, 0.2) is 11.6 Å². The first-order chi connectivity index (χ1) is 22.5. The van der Waals surface area contributed by atoms with Crippen LogP contribution in [0.1, 0.15) is 12.5 Å². The second-order valence-corrected chi connectivity index (χ2v) is 9.82. The Hall–Kier alpha value is -5.97. The Kier molecular flexibility index (Phi) is 12.2. The maximum absolute atomic E-state index is 13.9. The third-order valence-corrected chi connectivity index (χ3v) is 6.13. The van der Waals surface area contributed by atoms with E-state index >= 15 is 0 Å². The van der Waals surface area contributed by atoms with Crippen molar-refractivity contribution in [3.8, 4) is 23.0 Å². The summed E-state index contributed by atoms with van der Waals surface area (Å²) in [6.07, 6.45) is -3.87. The second-order valence-electron chi connectivity index (χ2n) is 9.82. The number of esters is 1. The van der Waals surface area contributed by atoms with Crippen molar-refractivity contribution in [2.24, 2.45) is 5.73 Å². The Balaban J connectivity index is 0.000000804. The van der Waals surface area contributed by atoms with Gasteiger partial charge in [0, 0.05) is 6.07 Å². The first-order valence-corrected chi connectivity index (χ1v) is 13.7. The molecular formula is C31H27F4N3O10. The number of hydrogen-bond donors (Lipinski definition) is 5. The number of phenolic OH excluding ortho intramolecular Hbond substituents is 1. The van der Waals surface area contributed by atoms with Crippen molar-refractivity contribution in [3.05, 3.63) is 94.6 Å². The lowest BCUT2D eigenvalue weighted by Gasteiger charge is -2.17. The summed E-state index contributed by atoms with van der Waals surface area (Å²) in [4.78, 5) is 58.6. The number of phenols is 1. The first kappa shape index (κ1) is 36.5. The van der Waals surface area contributed by atoms with Crippen molar-refractivity contribution in [2.45, 2.75) is 31.6 Å². The van der Waals surface area contributed by atoms with Gasteiger partial charge in [-0.25, -0.2) is 14.0 Å². The van der Waals surface area contributed by atoms with E-state index in [2.05, 4.69) is 10.6 Å². The summed E-state index contributed by atoms with van der Waals surface area (Å²) in [6.45, 7) is 0.928. The molecule has 254 valence electrons. The molecule has 2 atom stereocenters. The average Bonchev–Trinajstić information content (AvgIpc) is 3.03. The molecule has 0 unspecified atom stereocenters. The molecule has 48 heavy (non-hydrogen) atoms. The fourth-order valence-corrected chi connectivity index (χ4v) is 3.72. The van der Waals surface area contributed by atoms with Crippen molar-refractivity contribution in [3.63, 3.8) is 0 Å². The van der Waals surface area contributed by atoms with Gasteiger partial charge in [-0.3, -0.25) is 14.4 Å². The Morgan fingerprint density at radius 1 is 0.979 bits per heavy atom. The summed E-state index contributed by atoms with van der Waals surface area (Å²) in [6, 6.07) is 13.9. The SMILES string of the molecule is C[C@H](NC(=O)[C@H](N)Cc1ccc(O)cc1)C(=O)NCC(=O)Oc1ccc2c(=O)c(Oc3ccccc3F)coc2c1.O=C(O)C(F)(F)F. The molecule has 0 saturated carbocycles. The highest BCUT2D eigenvalue weighted by atomic mass is 19.4. The number of fused-ring (bicyclic) bond motifs is 1. The number of aliphatic carboxylic acids is 1. The summed E-state index contributed by atoms with van der Waals surface area (Å²) >= 11 is 0. The van der Waals surface area contributed by atoms with Crippen LogP contribution in [0.3, 0.4) is 0 Å². The topological polar surface area (TPSA) is 207 Å². The standard InChI is InChI=1S/C29H26FN3O8.C2HF3O2/c1-16(33-29(38)22(31)12-17-6-8-18(34)9-7-17)28(37)32-14-26(35)40-19-10-11-20-24(13-19)39-15-25(27(20)36)41-23-5-3-2-4-21(23)30;3-2(4,5)1(6)7/h2-11,13,15-16,22,34H,12,14,31H2,1H3,(H,32,37)(H,33,38);(H,6,7)/t16-,22+;/m0./s1. The van der Waals surface area contributed by atoms with Crippen LogP contribution in [0.5, 0.6) is 23.0 Å². The molecule has 2 amide bonds. The third-order valence-electron chi connectivity index (χ3n) is 6.13. The summed E-state index contributed by atoms with van der Waals surface area (Å²) in [5.41, 5.74) is 6.17. The van der Waals surface area contributed by atoms with Gasteiger partial charge in [-0.1, -0.05) is 24.3 Å². The van der Waals surface area contributed by atoms with Gasteiger partial charge in [0.05, 0.1) is 11.4 Å². The maximum Gasteiger partial charge on any atom is 0.490 e. The van der Waals surface area contributed by atoms with Crippen LogP contribution in [-0.2, 0) is 25.6 Å². The minimum Gasteiger partial charge on any atom is -0.508 e. The van der Waals surface area contributed by atoms with Gasteiger partial charge >= 0.3 is 18.1 Å². The molecule has 0 radical (unpaired) electrons. The number of aromatic hydroxyl groups is 1. The van der Waals surface area contributed by atoms with Gasteiger partial charge in [-0.2, -0.15) is 13.2 Å². The van der Waals surface area contributed by atoms with E-state index in [0.29, 0.717) is 0 Å². The fraction of sp³-hybridized carbons (Fsp3) is 0.194. The van der Waals surface area contributed by atoms with Crippen molar-refractivity contribution in [2.75, 3.05) is 6.54 Å². The molecule has 6 N–H and O–H groups in total. The number of carboxylic acids is 1. The molecule has 0 aliphatic rings. The van der Waals surface area contributed by atoms with Crippen LogP contribution in [0.25, 0.3) is 11.0 Å². The van der Waals surface area contributed by atoms with Gasteiger partial charge in [0.2, 0.25) is 23.0 Å². The van der Waals surface area contributed by atoms with Gasteiger partial charge in [-0.05, 0) is 55.3 Å². The number of carboxylic acid groups (broad SMARTS) is 1. The number of para-hydroxylation sites is 1. The number of amides is 2. The lowest BCUT2D eigenvalue weighted by atomic mass is 10.1. The van der Waals surface area contributed by atoms with Gasteiger partial charge < -0.3 is 40.5 Å². The Morgan fingerprint density at radius 2 is 1.62 bits per heavy atom. The number of benzene rings is 3. The quantitative estimate of drug-likeness (QED) is 0.0936. The van der Waals surface area contributed by atoms with Crippen molar-refractivity contribution in [1.29, 1.82) is 0 Å². The van der Waals surface area contributed by atoms with Crippen molar-refractivity contribution >= 4 is 34.7 Å². The highest BCUT2D eigenvalue weighted by Gasteiger charge is 2.38. The molecule has 3 aromatic carbocycles. The zero-order chi connectivity index (χ0) is 35.6. The van der Waals surface area contributed by atoms with Crippen molar-refractivity contribution in [1.82, 2.24) is 10.6 Å². The Morgan fingerprint density at radius 3 is 2.25 bits per heavy atom. The molecule has 0 fully saturated rings. The van der Waals surface area contributed by atoms with Crippen LogP contribution in [0, 0.1) is 5.82 Å². The monoisotopic (exact) mass is 677 g/mol. The van der Waals surface area contributed by atoms with E-state index in [0.717, 1.165) is 11.8 Å². The van der Waals surface area contributed by atoms with Gasteiger partial charge in [0.1, 0.15) is 35.9 Å². The number of ether oxygens (including phenoxy) is 2. The average molecular weight is 678 g/mol. The summed E-state index contributed by atoms with van der Waals surface area (Å²) in [7, 11) is 0. The molecule has 0 saturated heterocycles. The van der Waals surface area contributed by atoms with E-state index in [9.17, 15) is 41.8 Å². The Labute approximate surface area is 267 Å². The number of carbonyl (C=O) groups is 4. The van der Waals surface area contributed by atoms with Crippen LogP contribution in [0.2, 0.25) is 0 Å². The fourth-order valence-electron chi connectivity index (χ4n) is 3.72. The molecule has 0 aliphatic heterocycles. The number of nitrogens with two attached hydrogens (primary N) is 1. The molecule has 0 spiro atoms. The number of carbonyl (C=O) groups excluding carboxylic acids is 3. The summed E-state index contributed by atoms with van der Waals surface area (Å²) in [5.74, 6) is -5.66.